The molecule has 2 aromatic rings. The van der Waals surface area contributed by atoms with E-state index in [1.807, 2.05) is 0 Å². The fourth-order valence-corrected chi connectivity index (χ4v) is 1.97. The van der Waals surface area contributed by atoms with Crippen molar-refractivity contribution < 1.29 is 14.6 Å². The molecule has 0 aliphatic heterocycles. The molecular weight excluding hydrogens is 244 g/mol. The van der Waals surface area contributed by atoms with Crippen LogP contribution in [-0.2, 0) is 4.74 Å². The smallest absolute Gasteiger partial charge is 0.342 e. The summed E-state index contributed by atoms with van der Waals surface area (Å²) >= 11 is 0. The van der Waals surface area contributed by atoms with Gasteiger partial charge in [0.15, 0.2) is 0 Å². The van der Waals surface area contributed by atoms with E-state index in [0.29, 0.717) is 29.2 Å². The first-order valence-corrected chi connectivity index (χ1v) is 5.99. The van der Waals surface area contributed by atoms with Gasteiger partial charge in [-0.05, 0) is 38.1 Å². The first-order valence-electron chi connectivity index (χ1n) is 5.99. The van der Waals surface area contributed by atoms with E-state index in [9.17, 15) is 9.90 Å². The second-order valence-corrected chi connectivity index (χ2v) is 4.18. The number of hydrogen-bond donors (Lipinski definition) is 3. The number of carbonyl (C=O) groups is 1. The highest BCUT2D eigenvalue weighted by Gasteiger charge is 2.20. The van der Waals surface area contributed by atoms with Gasteiger partial charge in [0, 0.05) is 11.3 Å². The first-order chi connectivity index (χ1) is 9.04. The number of phenolic OH excluding ortho intramolecular Hbond substituents is 1. The van der Waals surface area contributed by atoms with Crippen LogP contribution in [0.4, 0.5) is 5.69 Å². The Morgan fingerprint density at radius 1 is 1.37 bits per heavy atom. The third-order valence-corrected chi connectivity index (χ3v) is 2.86. The minimum atomic E-state index is -0.432. The van der Waals surface area contributed by atoms with Gasteiger partial charge in [0.1, 0.15) is 11.3 Å². The van der Waals surface area contributed by atoms with Crippen molar-refractivity contribution in [1.82, 2.24) is 4.98 Å². The highest BCUT2D eigenvalue weighted by molar-refractivity contribution is 6.00. The van der Waals surface area contributed by atoms with Gasteiger partial charge in [-0.3, -0.25) is 0 Å². The molecule has 0 fully saturated rings. The number of esters is 1. The molecule has 0 unspecified atom stereocenters. The van der Waals surface area contributed by atoms with Gasteiger partial charge in [-0.2, -0.15) is 0 Å². The lowest BCUT2D eigenvalue weighted by molar-refractivity contribution is 0.0527. The Hall–Kier alpha value is -2.43. The summed E-state index contributed by atoms with van der Waals surface area (Å²) in [5, 5.41) is 9.28. The number of aromatic nitrogens is 1. The molecule has 4 N–H and O–H groups in total. The number of hydrogen-bond acceptors (Lipinski definition) is 4. The maximum absolute atomic E-state index is 11.8. The Morgan fingerprint density at radius 2 is 2.00 bits per heavy atom. The zero-order valence-corrected chi connectivity index (χ0v) is 10.9. The van der Waals surface area contributed by atoms with Crippen molar-refractivity contribution in [2.75, 3.05) is 12.3 Å². The van der Waals surface area contributed by atoms with Gasteiger partial charge in [-0.1, -0.05) is 0 Å². The van der Waals surface area contributed by atoms with Gasteiger partial charge in [0.05, 0.1) is 18.0 Å². The standard InChI is InChI=1S/C14H16N2O3/c1-3-19-14(18)11-8(2)16-13(12(11)15)9-4-6-10(17)7-5-9/h4-7,16-17H,3,15H2,1-2H3. The fourth-order valence-electron chi connectivity index (χ4n) is 1.97. The molecule has 0 saturated carbocycles. The second kappa shape index (κ2) is 5.06. The molecular formula is C14H16N2O3. The van der Waals surface area contributed by atoms with E-state index < -0.39 is 5.97 Å². The average Bonchev–Trinajstić information content (AvgIpc) is 2.66. The van der Waals surface area contributed by atoms with Crippen LogP contribution in [-0.4, -0.2) is 22.7 Å². The number of nitrogens with two attached hydrogens (primary N) is 1. The number of nitrogen functional groups attached to an aromatic ring is 1. The van der Waals surface area contributed by atoms with Crippen LogP contribution >= 0.6 is 0 Å². The van der Waals surface area contributed by atoms with Gasteiger partial charge in [-0.15, -0.1) is 0 Å². The number of phenols is 1. The molecule has 0 aliphatic carbocycles. The lowest BCUT2D eigenvalue weighted by Crippen LogP contribution is -2.07. The predicted molar refractivity (Wildman–Crippen MR) is 73.0 cm³/mol. The molecule has 1 heterocycles. The highest BCUT2D eigenvalue weighted by Crippen LogP contribution is 2.31. The number of rotatable bonds is 3. The molecule has 0 spiro atoms. The van der Waals surface area contributed by atoms with Crippen LogP contribution in [0, 0.1) is 6.92 Å². The summed E-state index contributed by atoms with van der Waals surface area (Å²) in [7, 11) is 0. The molecule has 0 aliphatic rings. The molecule has 1 aromatic heterocycles. The van der Waals surface area contributed by atoms with Crippen LogP contribution in [0.25, 0.3) is 11.3 Å². The summed E-state index contributed by atoms with van der Waals surface area (Å²) in [5.41, 5.74) is 8.86. The SMILES string of the molecule is CCOC(=O)c1c(C)[nH]c(-c2ccc(O)cc2)c1N. The van der Waals surface area contributed by atoms with Crippen LogP contribution in [0.2, 0.25) is 0 Å². The predicted octanol–water partition coefficient (Wildman–Crippen LogP) is 2.45. The normalized spacial score (nSPS) is 10.4. The van der Waals surface area contributed by atoms with Crippen molar-refractivity contribution in [2.45, 2.75) is 13.8 Å². The monoisotopic (exact) mass is 260 g/mol. The summed E-state index contributed by atoms with van der Waals surface area (Å²) < 4.78 is 4.98. The Kier molecular flexibility index (Phi) is 3.46. The second-order valence-electron chi connectivity index (χ2n) is 4.18. The lowest BCUT2D eigenvalue weighted by Gasteiger charge is -2.03. The van der Waals surface area contributed by atoms with Gasteiger partial charge in [-0.25, -0.2) is 4.79 Å². The van der Waals surface area contributed by atoms with Crippen molar-refractivity contribution in [3.05, 3.63) is 35.5 Å². The molecule has 1 aromatic carbocycles. The largest absolute Gasteiger partial charge is 0.508 e. The molecule has 100 valence electrons. The van der Waals surface area contributed by atoms with Crippen LogP contribution in [0.15, 0.2) is 24.3 Å². The molecule has 0 atom stereocenters. The molecule has 0 radical (unpaired) electrons. The van der Waals surface area contributed by atoms with Crippen molar-refractivity contribution in [3.8, 4) is 17.0 Å². The number of carbonyl (C=O) groups excluding carboxylic acids is 1. The Balaban J connectivity index is 2.46. The summed E-state index contributed by atoms with van der Waals surface area (Å²) in [6, 6.07) is 6.59. The highest BCUT2D eigenvalue weighted by atomic mass is 16.5. The quantitative estimate of drug-likeness (QED) is 0.739. The van der Waals surface area contributed by atoms with Crippen LogP contribution < -0.4 is 5.73 Å². The zero-order valence-electron chi connectivity index (χ0n) is 10.9. The molecule has 5 heteroatoms. The molecule has 0 bridgehead atoms. The number of aryl methyl sites for hydroxylation is 1. The van der Waals surface area contributed by atoms with E-state index in [1.54, 1.807) is 38.1 Å². The van der Waals surface area contributed by atoms with E-state index in [2.05, 4.69) is 4.98 Å². The van der Waals surface area contributed by atoms with Crippen molar-refractivity contribution in [1.29, 1.82) is 0 Å². The summed E-state index contributed by atoms with van der Waals surface area (Å²) in [4.78, 5) is 14.9. The summed E-state index contributed by atoms with van der Waals surface area (Å²) in [5.74, 6) is -0.255. The zero-order chi connectivity index (χ0) is 14.0. The minimum Gasteiger partial charge on any atom is -0.508 e. The number of H-pyrrole nitrogens is 1. The van der Waals surface area contributed by atoms with Crippen molar-refractivity contribution in [3.63, 3.8) is 0 Å². The van der Waals surface area contributed by atoms with Crippen molar-refractivity contribution >= 4 is 11.7 Å². The van der Waals surface area contributed by atoms with Gasteiger partial charge >= 0.3 is 5.97 Å². The topological polar surface area (TPSA) is 88.3 Å². The van der Waals surface area contributed by atoms with Gasteiger partial charge < -0.3 is 20.6 Å². The number of nitrogens with one attached hydrogen (secondary N) is 1. The molecule has 0 saturated heterocycles. The lowest BCUT2D eigenvalue weighted by atomic mass is 10.1. The Labute approximate surface area is 111 Å². The summed E-state index contributed by atoms with van der Waals surface area (Å²) in [6.45, 7) is 3.82. The summed E-state index contributed by atoms with van der Waals surface area (Å²) in [6.07, 6.45) is 0. The molecule has 19 heavy (non-hydrogen) atoms. The van der Waals surface area contributed by atoms with Crippen molar-refractivity contribution in [2.24, 2.45) is 0 Å². The Morgan fingerprint density at radius 3 is 2.58 bits per heavy atom. The van der Waals surface area contributed by atoms with Crippen LogP contribution in [0.5, 0.6) is 5.75 Å². The van der Waals surface area contributed by atoms with E-state index in [4.69, 9.17) is 10.5 Å². The first kappa shape index (κ1) is 13.0. The maximum atomic E-state index is 11.8. The van der Waals surface area contributed by atoms with Crippen LogP contribution in [0.3, 0.4) is 0 Å². The molecule has 0 amide bonds. The average molecular weight is 260 g/mol. The fraction of sp³-hybridized carbons (Fsp3) is 0.214. The number of aromatic amines is 1. The third-order valence-electron chi connectivity index (χ3n) is 2.86. The third kappa shape index (κ3) is 2.40. The number of benzene rings is 1. The van der Waals surface area contributed by atoms with Gasteiger partial charge in [0.2, 0.25) is 0 Å². The van der Waals surface area contributed by atoms with Gasteiger partial charge in [0.25, 0.3) is 0 Å². The van der Waals surface area contributed by atoms with Crippen LogP contribution in [0.1, 0.15) is 23.0 Å². The van der Waals surface area contributed by atoms with E-state index in [1.165, 1.54) is 0 Å². The van der Waals surface area contributed by atoms with E-state index in [0.717, 1.165) is 5.56 Å². The Bertz CT molecular complexity index is 600. The number of anilines is 1. The van der Waals surface area contributed by atoms with E-state index >= 15 is 0 Å². The molecule has 5 nitrogen and oxygen atoms in total. The maximum Gasteiger partial charge on any atom is 0.342 e. The number of aromatic hydroxyl groups is 1. The van der Waals surface area contributed by atoms with E-state index in [-0.39, 0.29) is 5.75 Å². The number of ether oxygens (including phenoxy) is 1. The minimum absolute atomic E-state index is 0.177. The molecule has 2 rings (SSSR count).